The SMILES string of the molecule is CC1OC(C)C(C(=O)N(C)c2ccc(Br)cc2N)C1C. The monoisotopic (exact) mass is 340 g/mol. The van der Waals surface area contributed by atoms with Gasteiger partial charge >= 0.3 is 0 Å². The summed E-state index contributed by atoms with van der Waals surface area (Å²) >= 11 is 3.37. The van der Waals surface area contributed by atoms with Crippen molar-refractivity contribution in [2.45, 2.75) is 33.0 Å². The molecule has 4 unspecified atom stereocenters. The van der Waals surface area contributed by atoms with E-state index in [2.05, 4.69) is 22.9 Å². The molecule has 1 aliphatic rings. The van der Waals surface area contributed by atoms with Crippen molar-refractivity contribution in [1.82, 2.24) is 0 Å². The maximum atomic E-state index is 12.7. The Balaban J connectivity index is 2.24. The first-order valence-corrected chi connectivity index (χ1v) is 7.60. The molecule has 0 aromatic heterocycles. The van der Waals surface area contributed by atoms with Crippen molar-refractivity contribution in [2.75, 3.05) is 17.7 Å². The van der Waals surface area contributed by atoms with Crippen molar-refractivity contribution in [2.24, 2.45) is 11.8 Å². The number of amides is 1. The zero-order valence-corrected chi connectivity index (χ0v) is 13.8. The molecule has 0 bridgehead atoms. The average Bonchev–Trinajstić information content (AvgIpc) is 2.62. The van der Waals surface area contributed by atoms with Gasteiger partial charge in [0.05, 0.1) is 29.5 Å². The molecule has 1 amide bonds. The normalized spacial score (nSPS) is 29.4. The van der Waals surface area contributed by atoms with E-state index < -0.39 is 0 Å². The molecule has 4 nitrogen and oxygen atoms in total. The van der Waals surface area contributed by atoms with Crippen LogP contribution in [0.2, 0.25) is 0 Å². The number of nitrogen functional groups attached to an aromatic ring is 1. The summed E-state index contributed by atoms with van der Waals surface area (Å²) in [7, 11) is 1.77. The Kier molecular flexibility index (Phi) is 4.39. The molecule has 0 saturated carbocycles. The van der Waals surface area contributed by atoms with E-state index >= 15 is 0 Å². The third-order valence-electron chi connectivity index (χ3n) is 4.21. The van der Waals surface area contributed by atoms with E-state index in [4.69, 9.17) is 10.5 Å². The van der Waals surface area contributed by atoms with Gasteiger partial charge in [-0.15, -0.1) is 0 Å². The van der Waals surface area contributed by atoms with Gasteiger partial charge < -0.3 is 15.4 Å². The van der Waals surface area contributed by atoms with Crippen LogP contribution in [0.3, 0.4) is 0 Å². The summed E-state index contributed by atoms with van der Waals surface area (Å²) in [6.45, 7) is 6.04. The Hall–Kier alpha value is -1.07. The Labute approximate surface area is 128 Å². The average molecular weight is 341 g/mol. The minimum Gasteiger partial charge on any atom is -0.397 e. The molecule has 2 N–H and O–H groups in total. The molecule has 5 heteroatoms. The lowest BCUT2D eigenvalue weighted by Gasteiger charge is -2.26. The summed E-state index contributed by atoms with van der Waals surface area (Å²) < 4.78 is 6.66. The summed E-state index contributed by atoms with van der Waals surface area (Å²) in [5.41, 5.74) is 7.32. The minimum absolute atomic E-state index is 0.0587. The summed E-state index contributed by atoms with van der Waals surface area (Å²) in [5, 5.41) is 0. The van der Waals surface area contributed by atoms with Crippen LogP contribution in [0.15, 0.2) is 22.7 Å². The number of carbonyl (C=O) groups excluding carboxylic acids is 1. The van der Waals surface area contributed by atoms with Gasteiger partial charge in [-0.25, -0.2) is 0 Å². The molecule has 4 atom stereocenters. The molecule has 110 valence electrons. The van der Waals surface area contributed by atoms with Crippen molar-refractivity contribution >= 4 is 33.2 Å². The summed E-state index contributed by atoms with van der Waals surface area (Å²) in [5.74, 6) is 0.137. The number of carbonyl (C=O) groups is 1. The van der Waals surface area contributed by atoms with E-state index in [0.717, 1.165) is 10.2 Å². The Morgan fingerprint density at radius 2 is 1.95 bits per heavy atom. The summed E-state index contributed by atoms with van der Waals surface area (Å²) in [6.07, 6.45) is 0.0428. The Morgan fingerprint density at radius 3 is 2.45 bits per heavy atom. The number of halogens is 1. The quantitative estimate of drug-likeness (QED) is 0.841. The zero-order valence-electron chi connectivity index (χ0n) is 12.3. The fourth-order valence-corrected chi connectivity index (χ4v) is 3.24. The molecule has 1 aliphatic heterocycles. The van der Waals surface area contributed by atoms with Gasteiger partial charge in [0, 0.05) is 11.5 Å². The van der Waals surface area contributed by atoms with E-state index in [9.17, 15) is 4.79 Å². The van der Waals surface area contributed by atoms with Crippen molar-refractivity contribution in [3.8, 4) is 0 Å². The number of hydrogen-bond donors (Lipinski definition) is 1. The zero-order chi connectivity index (χ0) is 15.0. The molecular weight excluding hydrogens is 320 g/mol. The van der Waals surface area contributed by atoms with Crippen molar-refractivity contribution in [1.29, 1.82) is 0 Å². The fourth-order valence-electron chi connectivity index (χ4n) is 2.87. The molecule has 1 saturated heterocycles. The third kappa shape index (κ3) is 2.69. The first-order valence-electron chi connectivity index (χ1n) is 6.81. The van der Waals surface area contributed by atoms with Crippen LogP contribution in [-0.2, 0) is 9.53 Å². The summed E-state index contributed by atoms with van der Waals surface area (Å²) in [6, 6.07) is 5.54. The number of nitrogens with zero attached hydrogens (tertiary/aromatic N) is 1. The standard InChI is InChI=1S/C15H21BrN2O2/c1-8-9(2)20-10(3)14(8)15(19)18(4)13-6-5-11(16)7-12(13)17/h5-10,14H,17H2,1-4H3. The number of rotatable bonds is 2. The van der Waals surface area contributed by atoms with Crippen molar-refractivity contribution in [3.63, 3.8) is 0 Å². The maximum absolute atomic E-state index is 12.7. The van der Waals surface area contributed by atoms with Gasteiger partial charge in [-0.1, -0.05) is 22.9 Å². The van der Waals surface area contributed by atoms with Crippen molar-refractivity contribution < 1.29 is 9.53 Å². The van der Waals surface area contributed by atoms with Gasteiger partial charge in [0.2, 0.25) is 5.91 Å². The van der Waals surface area contributed by atoms with Gasteiger partial charge in [-0.3, -0.25) is 4.79 Å². The van der Waals surface area contributed by atoms with Crippen LogP contribution < -0.4 is 10.6 Å². The Morgan fingerprint density at radius 1 is 1.30 bits per heavy atom. The van der Waals surface area contributed by atoms with Crippen molar-refractivity contribution in [3.05, 3.63) is 22.7 Å². The van der Waals surface area contributed by atoms with Gasteiger partial charge in [0.1, 0.15) is 0 Å². The number of ether oxygens (including phenoxy) is 1. The molecule has 20 heavy (non-hydrogen) atoms. The molecule has 1 aromatic carbocycles. The predicted octanol–water partition coefficient (Wildman–Crippen LogP) is 3.05. The molecule has 1 fully saturated rings. The first-order chi connectivity index (χ1) is 9.32. The highest BCUT2D eigenvalue weighted by Crippen LogP contribution is 2.35. The number of anilines is 2. The van der Waals surface area contributed by atoms with Crippen LogP contribution in [-0.4, -0.2) is 25.2 Å². The van der Waals surface area contributed by atoms with Gasteiger partial charge in [-0.2, -0.15) is 0 Å². The van der Waals surface area contributed by atoms with E-state index in [0.29, 0.717) is 5.69 Å². The molecule has 2 rings (SSSR count). The molecule has 1 aromatic rings. The molecule has 1 heterocycles. The van der Waals surface area contributed by atoms with E-state index in [1.807, 2.05) is 26.0 Å². The highest BCUT2D eigenvalue weighted by molar-refractivity contribution is 9.10. The second-order valence-corrected chi connectivity index (χ2v) is 6.45. The summed E-state index contributed by atoms with van der Waals surface area (Å²) in [4.78, 5) is 14.4. The molecule has 0 aliphatic carbocycles. The highest BCUT2D eigenvalue weighted by atomic mass is 79.9. The van der Waals surface area contributed by atoms with Gasteiger partial charge in [0.25, 0.3) is 0 Å². The third-order valence-corrected chi connectivity index (χ3v) is 4.70. The number of nitrogens with two attached hydrogens (primary N) is 1. The van der Waals surface area contributed by atoms with Crippen LogP contribution >= 0.6 is 15.9 Å². The second kappa shape index (κ2) is 5.74. The van der Waals surface area contributed by atoms with Crippen LogP contribution in [0.25, 0.3) is 0 Å². The van der Waals surface area contributed by atoms with E-state index in [-0.39, 0.29) is 30.0 Å². The smallest absolute Gasteiger partial charge is 0.232 e. The van der Waals surface area contributed by atoms with Crippen LogP contribution in [0.4, 0.5) is 11.4 Å². The van der Waals surface area contributed by atoms with E-state index in [1.165, 1.54) is 0 Å². The topological polar surface area (TPSA) is 55.6 Å². The number of benzene rings is 1. The molecular formula is C15H21BrN2O2. The lowest BCUT2D eigenvalue weighted by molar-refractivity contribution is -0.124. The second-order valence-electron chi connectivity index (χ2n) is 5.53. The number of hydrogen-bond acceptors (Lipinski definition) is 3. The lowest BCUT2D eigenvalue weighted by atomic mass is 9.88. The van der Waals surface area contributed by atoms with Gasteiger partial charge in [0.15, 0.2) is 0 Å². The van der Waals surface area contributed by atoms with Gasteiger partial charge in [-0.05, 0) is 38.0 Å². The fraction of sp³-hybridized carbons (Fsp3) is 0.533. The predicted molar refractivity (Wildman–Crippen MR) is 84.6 cm³/mol. The minimum atomic E-state index is -0.127. The largest absolute Gasteiger partial charge is 0.397 e. The van der Waals surface area contributed by atoms with Crippen LogP contribution in [0, 0.1) is 11.8 Å². The maximum Gasteiger partial charge on any atom is 0.232 e. The van der Waals surface area contributed by atoms with Crippen LogP contribution in [0.1, 0.15) is 20.8 Å². The Bertz CT molecular complexity index is 521. The molecule has 0 spiro atoms. The van der Waals surface area contributed by atoms with E-state index in [1.54, 1.807) is 18.0 Å². The molecule has 0 radical (unpaired) electrons. The first kappa shape index (κ1) is 15.3. The van der Waals surface area contributed by atoms with Crippen LogP contribution in [0.5, 0.6) is 0 Å². The lowest BCUT2D eigenvalue weighted by Crippen LogP contribution is -2.39. The highest BCUT2D eigenvalue weighted by Gasteiger charge is 2.43.